The van der Waals surface area contributed by atoms with Crippen molar-refractivity contribution in [2.24, 2.45) is 5.92 Å². The molecular formula is C22H32N4O5. The molecule has 1 fully saturated rings. The average molecular weight is 433 g/mol. The third kappa shape index (κ3) is 6.16. The predicted molar refractivity (Wildman–Crippen MR) is 114 cm³/mol. The summed E-state index contributed by atoms with van der Waals surface area (Å²) in [5, 5.41) is 14.7. The first-order valence-corrected chi connectivity index (χ1v) is 11.0. The van der Waals surface area contributed by atoms with E-state index in [0.29, 0.717) is 42.9 Å². The number of ether oxygens (including phenoxy) is 3. The first kappa shape index (κ1) is 22.0. The number of hydrogen-bond donors (Lipinski definition) is 1. The molecule has 9 nitrogen and oxygen atoms in total. The summed E-state index contributed by atoms with van der Waals surface area (Å²) in [5.74, 6) is 3.05. The second-order valence-corrected chi connectivity index (χ2v) is 8.55. The van der Waals surface area contributed by atoms with Crippen molar-refractivity contribution >= 4 is 0 Å². The van der Waals surface area contributed by atoms with Crippen LogP contribution in [0.15, 0.2) is 22.7 Å². The molecule has 170 valence electrons. The molecule has 1 saturated heterocycles. The first-order valence-electron chi connectivity index (χ1n) is 11.0. The molecular weight excluding hydrogens is 400 g/mol. The largest absolute Gasteiger partial charge is 0.454 e. The van der Waals surface area contributed by atoms with Crippen LogP contribution in [0, 0.1) is 5.92 Å². The Labute approximate surface area is 182 Å². The lowest BCUT2D eigenvalue weighted by molar-refractivity contribution is 0.00606. The number of morpholine rings is 1. The van der Waals surface area contributed by atoms with Gasteiger partial charge in [-0.1, -0.05) is 19.0 Å². The van der Waals surface area contributed by atoms with Crippen LogP contribution in [0.1, 0.15) is 19.7 Å². The van der Waals surface area contributed by atoms with E-state index in [1.807, 2.05) is 18.2 Å². The fourth-order valence-corrected chi connectivity index (χ4v) is 3.97. The van der Waals surface area contributed by atoms with Gasteiger partial charge in [0.25, 0.3) is 0 Å². The summed E-state index contributed by atoms with van der Waals surface area (Å²) in [6.45, 7) is 10.8. The molecule has 1 atom stereocenters. The number of rotatable bonds is 10. The van der Waals surface area contributed by atoms with Gasteiger partial charge in [0.05, 0.1) is 19.3 Å². The van der Waals surface area contributed by atoms with Gasteiger partial charge in [-0.25, -0.2) is 0 Å². The molecule has 31 heavy (non-hydrogen) atoms. The summed E-state index contributed by atoms with van der Waals surface area (Å²) in [6.07, 6.45) is 0.234. The van der Waals surface area contributed by atoms with Crippen LogP contribution < -0.4 is 9.47 Å². The summed E-state index contributed by atoms with van der Waals surface area (Å²) < 4.78 is 21.6. The van der Waals surface area contributed by atoms with E-state index in [1.54, 1.807) is 0 Å². The van der Waals surface area contributed by atoms with E-state index in [9.17, 15) is 5.11 Å². The fourth-order valence-electron chi connectivity index (χ4n) is 3.97. The van der Waals surface area contributed by atoms with E-state index in [1.165, 1.54) is 0 Å². The zero-order valence-electron chi connectivity index (χ0n) is 18.3. The average Bonchev–Trinajstić information content (AvgIpc) is 3.41. The molecule has 0 radical (unpaired) electrons. The zero-order chi connectivity index (χ0) is 21.6. The van der Waals surface area contributed by atoms with Crippen LogP contribution in [0.25, 0.3) is 11.4 Å². The van der Waals surface area contributed by atoms with Crippen LogP contribution in [0.2, 0.25) is 0 Å². The lowest BCUT2D eigenvalue weighted by atomic mass is 10.1. The second-order valence-electron chi connectivity index (χ2n) is 8.55. The van der Waals surface area contributed by atoms with Crippen molar-refractivity contribution < 1.29 is 23.8 Å². The fraction of sp³-hybridized carbons (Fsp3) is 0.636. The third-order valence-electron chi connectivity index (χ3n) is 5.41. The van der Waals surface area contributed by atoms with Crippen LogP contribution in [0.3, 0.4) is 0 Å². The maximum absolute atomic E-state index is 10.6. The van der Waals surface area contributed by atoms with Crippen LogP contribution in [0.4, 0.5) is 0 Å². The topological polar surface area (TPSA) is 93.3 Å². The molecule has 0 bridgehead atoms. The molecule has 2 aliphatic heterocycles. The summed E-state index contributed by atoms with van der Waals surface area (Å²) in [5.41, 5.74) is 0.833. The highest BCUT2D eigenvalue weighted by Gasteiger charge is 2.20. The lowest BCUT2D eigenvalue weighted by Crippen LogP contribution is -2.45. The Morgan fingerprint density at radius 1 is 1.13 bits per heavy atom. The molecule has 0 saturated carbocycles. The number of benzene rings is 1. The molecule has 4 rings (SSSR count). The number of aliphatic hydroxyl groups excluding tert-OH is 1. The van der Waals surface area contributed by atoms with Gasteiger partial charge in [0.15, 0.2) is 11.5 Å². The van der Waals surface area contributed by atoms with Gasteiger partial charge in [0.1, 0.15) is 0 Å². The quantitative estimate of drug-likeness (QED) is 0.601. The van der Waals surface area contributed by atoms with E-state index in [0.717, 1.165) is 50.7 Å². The lowest BCUT2D eigenvalue weighted by Gasteiger charge is -2.31. The highest BCUT2D eigenvalue weighted by molar-refractivity contribution is 5.61. The van der Waals surface area contributed by atoms with E-state index in [2.05, 4.69) is 33.8 Å². The Kier molecular flexibility index (Phi) is 7.39. The van der Waals surface area contributed by atoms with Gasteiger partial charge >= 0.3 is 0 Å². The van der Waals surface area contributed by atoms with Crippen LogP contribution in [0.5, 0.6) is 11.5 Å². The van der Waals surface area contributed by atoms with Crippen molar-refractivity contribution in [2.45, 2.75) is 26.4 Å². The van der Waals surface area contributed by atoms with Gasteiger partial charge in [-0.05, 0) is 24.1 Å². The summed E-state index contributed by atoms with van der Waals surface area (Å²) in [7, 11) is 0. The SMILES string of the molecule is CC(C)CN(CCc1nc(-c2ccc3c(c2)OCO3)no1)CC(O)CN1CCOCC1. The smallest absolute Gasteiger partial charge is 0.231 e. The predicted octanol–water partition coefficient (Wildman–Crippen LogP) is 1.66. The second kappa shape index (κ2) is 10.4. The van der Waals surface area contributed by atoms with Crippen molar-refractivity contribution in [3.8, 4) is 22.9 Å². The van der Waals surface area contributed by atoms with Crippen molar-refractivity contribution in [2.75, 3.05) is 59.3 Å². The molecule has 0 aliphatic carbocycles. The first-order chi connectivity index (χ1) is 15.1. The molecule has 1 unspecified atom stereocenters. The number of β-amino-alcohol motifs (C(OH)–C–C–N with tert-alkyl or cyclic N) is 1. The van der Waals surface area contributed by atoms with Crippen LogP contribution in [-0.4, -0.2) is 90.4 Å². The number of aromatic nitrogens is 2. The molecule has 2 aromatic rings. The summed E-state index contributed by atoms with van der Waals surface area (Å²) >= 11 is 0. The van der Waals surface area contributed by atoms with E-state index < -0.39 is 6.10 Å². The normalized spacial score (nSPS) is 17.6. The van der Waals surface area contributed by atoms with Crippen molar-refractivity contribution in [1.82, 2.24) is 19.9 Å². The van der Waals surface area contributed by atoms with E-state index in [4.69, 9.17) is 18.7 Å². The van der Waals surface area contributed by atoms with E-state index >= 15 is 0 Å². The Bertz CT molecular complexity index is 837. The van der Waals surface area contributed by atoms with Gasteiger partial charge in [-0.15, -0.1) is 0 Å². The van der Waals surface area contributed by atoms with Crippen LogP contribution >= 0.6 is 0 Å². The van der Waals surface area contributed by atoms with Crippen molar-refractivity contribution in [3.63, 3.8) is 0 Å². The Morgan fingerprint density at radius 3 is 2.74 bits per heavy atom. The molecule has 1 N–H and O–H groups in total. The maximum atomic E-state index is 10.6. The minimum atomic E-state index is -0.399. The highest BCUT2D eigenvalue weighted by atomic mass is 16.7. The number of aliphatic hydroxyl groups is 1. The van der Waals surface area contributed by atoms with Crippen LogP contribution in [-0.2, 0) is 11.2 Å². The maximum Gasteiger partial charge on any atom is 0.231 e. The van der Waals surface area contributed by atoms with Crippen molar-refractivity contribution in [3.05, 3.63) is 24.1 Å². The minimum Gasteiger partial charge on any atom is -0.454 e. The Balaban J connectivity index is 1.31. The third-order valence-corrected chi connectivity index (χ3v) is 5.41. The zero-order valence-corrected chi connectivity index (χ0v) is 18.3. The molecule has 1 aromatic heterocycles. The Morgan fingerprint density at radius 2 is 1.94 bits per heavy atom. The number of nitrogens with zero attached hydrogens (tertiary/aromatic N) is 4. The standard InChI is InChI=1S/C22H32N4O5/c1-16(2)12-26(14-18(27)13-25-7-9-28-10-8-25)6-5-21-23-22(24-31-21)17-3-4-19-20(11-17)30-15-29-19/h3-4,11,16,18,27H,5-10,12-15H2,1-2H3. The van der Waals surface area contributed by atoms with Gasteiger partial charge in [-0.2, -0.15) is 4.98 Å². The number of fused-ring (bicyclic) bond motifs is 1. The van der Waals surface area contributed by atoms with Gasteiger partial charge in [-0.3, -0.25) is 9.80 Å². The summed E-state index contributed by atoms with van der Waals surface area (Å²) in [6, 6.07) is 5.62. The monoisotopic (exact) mass is 432 g/mol. The minimum absolute atomic E-state index is 0.235. The molecule has 9 heteroatoms. The van der Waals surface area contributed by atoms with Gasteiger partial charge in [0.2, 0.25) is 18.5 Å². The highest BCUT2D eigenvalue weighted by Crippen LogP contribution is 2.35. The Hall–Kier alpha value is -2.20. The molecule has 2 aliphatic rings. The van der Waals surface area contributed by atoms with Gasteiger partial charge < -0.3 is 23.8 Å². The van der Waals surface area contributed by atoms with Crippen molar-refractivity contribution in [1.29, 1.82) is 0 Å². The molecule has 3 heterocycles. The molecule has 0 spiro atoms. The van der Waals surface area contributed by atoms with E-state index in [-0.39, 0.29) is 6.79 Å². The van der Waals surface area contributed by atoms with Gasteiger partial charge in [0, 0.05) is 51.3 Å². The summed E-state index contributed by atoms with van der Waals surface area (Å²) in [4.78, 5) is 9.08. The molecule has 0 amide bonds. The molecule has 1 aromatic carbocycles. The number of hydrogen-bond acceptors (Lipinski definition) is 9.